The first-order valence-electron chi connectivity index (χ1n) is 5.95. The molecule has 1 aliphatic heterocycles. The van der Waals surface area contributed by atoms with Crippen molar-refractivity contribution in [1.29, 1.82) is 0 Å². The first-order chi connectivity index (χ1) is 9.58. The number of aromatic carboxylic acids is 1. The Bertz CT molecular complexity index is 697. The molecule has 3 rings (SSSR count). The van der Waals surface area contributed by atoms with Crippen molar-refractivity contribution in [2.75, 3.05) is 6.61 Å². The maximum absolute atomic E-state index is 13.3. The average molecular weight is 280 g/mol. The summed E-state index contributed by atoms with van der Waals surface area (Å²) in [4.78, 5) is 11.2. The molecular formula is C13H10F2N2O3. The van der Waals surface area contributed by atoms with E-state index in [1.807, 2.05) is 0 Å². The third-order valence-electron chi connectivity index (χ3n) is 3.17. The minimum Gasteiger partial charge on any atom is -0.476 e. The summed E-state index contributed by atoms with van der Waals surface area (Å²) in [5.74, 6) is -3.14. The molecule has 0 radical (unpaired) electrons. The minimum atomic E-state index is -1.17. The maximum Gasteiger partial charge on any atom is 0.356 e. The summed E-state index contributed by atoms with van der Waals surface area (Å²) in [6.45, 7) is 0.585. The number of hydrogen-bond donors (Lipinski definition) is 1. The summed E-state index contributed by atoms with van der Waals surface area (Å²) in [7, 11) is 0. The Hall–Kier alpha value is -2.28. The van der Waals surface area contributed by atoms with Gasteiger partial charge in [-0.1, -0.05) is 0 Å². The third kappa shape index (κ3) is 1.96. The number of nitrogens with zero attached hydrogens (tertiary/aromatic N) is 2. The lowest BCUT2D eigenvalue weighted by Gasteiger charge is -2.14. The molecule has 2 aromatic rings. The van der Waals surface area contributed by atoms with Crippen LogP contribution in [-0.4, -0.2) is 27.5 Å². The van der Waals surface area contributed by atoms with Crippen LogP contribution in [0.3, 0.4) is 0 Å². The van der Waals surface area contributed by atoms with Crippen molar-refractivity contribution in [2.24, 2.45) is 0 Å². The highest BCUT2D eigenvalue weighted by Crippen LogP contribution is 2.24. The minimum absolute atomic E-state index is 0.121. The van der Waals surface area contributed by atoms with E-state index >= 15 is 0 Å². The van der Waals surface area contributed by atoms with Crippen LogP contribution in [0, 0.1) is 11.6 Å². The van der Waals surface area contributed by atoms with Gasteiger partial charge < -0.3 is 9.84 Å². The lowest BCUT2D eigenvalue weighted by Crippen LogP contribution is -2.13. The first kappa shape index (κ1) is 12.7. The molecule has 5 nitrogen and oxygen atoms in total. The molecule has 0 saturated carbocycles. The molecule has 0 unspecified atom stereocenters. The molecule has 7 heteroatoms. The number of carboxylic acids is 1. The van der Waals surface area contributed by atoms with Crippen molar-refractivity contribution in [3.8, 4) is 5.69 Å². The van der Waals surface area contributed by atoms with Crippen LogP contribution in [0.15, 0.2) is 18.2 Å². The standard InChI is InChI=1S/C13H10F2N2O3/c14-9-2-1-7(5-10(9)15)17-11-3-4-20-6-8(11)12(16-17)13(18)19/h1-2,5H,3-4,6H2,(H,18,19). The van der Waals surface area contributed by atoms with Gasteiger partial charge in [-0.05, 0) is 12.1 Å². The molecule has 104 valence electrons. The Labute approximate surface area is 112 Å². The van der Waals surface area contributed by atoms with E-state index < -0.39 is 17.6 Å². The van der Waals surface area contributed by atoms with Crippen LogP contribution in [0.25, 0.3) is 5.69 Å². The number of hydrogen-bond acceptors (Lipinski definition) is 3. The predicted octanol–water partition coefficient (Wildman–Crippen LogP) is 1.92. The fraction of sp³-hybridized carbons (Fsp3) is 0.231. The predicted molar refractivity (Wildman–Crippen MR) is 63.8 cm³/mol. The number of halogens is 2. The Kier molecular flexibility index (Phi) is 2.98. The van der Waals surface area contributed by atoms with Crippen molar-refractivity contribution in [3.63, 3.8) is 0 Å². The van der Waals surface area contributed by atoms with Gasteiger partial charge in [0.15, 0.2) is 17.3 Å². The lowest BCUT2D eigenvalue weighted by molar-refractivity contribution is 0.0677. The lowest BCUT2D eigenvalue weighted by atomic mass is 10.1. The Morgan fingerprint density at radius 2 is 2.15 bits per heavy atom. The number of benzene rings is 1. The molecule has 1 aliphatic rings. The van der Waals surface area contributed by atoms with Gasteiger partial charge in [0.2, 0.25) is 0 Å². The molecule has 0 saturated heterocycles. The topological polar surface area (TPSA) is 64.3 Å². The summed E-state index contributed by atoms with van der Waals surface area (Å²) in [5, 5.41) is 13.1. The average Bonchev–Trinajstić information content (AvgIpc) is 2.82. The molecule has 0 atom stereocenters. The number of aromatic nitrogens is 2. The van der Waals surface area contributed by atoms with E-state index in [0.717, 1.165) is 12.1 Å². The second kappa shape index (κ2) is 4.68. The quantitative estimate of drug-likeness (QED) is 0.912. The van der Waals surface area contributed by atoms with E-state index in [4.69, 9.17) is 9.84 Å². The van der Waals surface area contributed by atoms with Gasteiger partial charge >= 0.3 is 5.97 Å². The fourth-order valence-electron chi connectivity index (χ4n) is 2.24. The van der Waals surface area contributed by atoms with E-state index in [9.17, 15) is 13.6 Å². The molecule has 0 aliphatic carbocycles. The van der Waals surface area contributed by atoms with Crippen molar-refractivity contribution in [1.82, 2.24) is 9.78 Å². The Balaban J connectivity index is 2.18. The van der Waals surface area contributed by atoms with Crippen LogP contribution in [0.5, 0.6) is 0 Å². The molecule has 1 N–H and O–H groups in total. The van der Waals surface area contributed by atoms with Gasteiger partial charge in [0.25, 0.3) is 0 Å². The zero-order valence-corrected chi connectivity index (χ0v) is 10.3. The normalized spacial score (nSPS) is 14.1. The maximum atomic E-state index is 13.3. The van der Waals surface area contributed by atoms with Gasteiger partial charge in [-0.2, -0.15) is 5.10 Å². The van der Waals surface area contributed by atoms with Gasteiger partial charge in [-0.3, -0.25) is 0 Å². The highest BCUT2D eigenvalue weighted by atomic mass is 19.2. The van der Waals surface area contributed by atoms with E-state index in [2.05, 4.69) is 5.10 Å². The molecule has 0 fully saturated rings. The Morgan fingerprint density at radius 1 is 1.35 bits per heavy atom. The molecule has 0 amide bonds. The highest BCUT2D eigenvalue weighted by Gasteiger charge is 2.26. The zero-order valence-electron chi connectivity index (χ0n) is 10.3. The zero-order chi connectivity index (χ0) is 14.3. The van der Waals surface area contributed by atoms with Crippen LogP contribution in [0.1, 0.15) is 21.7 Å². The van der Waals surface area contributed by atoms with E-state index in [-0.39, 0.29) is 18.0 Å². The summed E-state index contributed by atoms with van der Waals surface area (Å²) in [6.07, 6.45) is 0.467. The third-order valence-corrected chi connectivity index (χ3v) is 3.17. The van der Waals surface area contributed by atoms with Crippen LogP contribution in [0.4, 0.5) is 8.78 Å². The smallest absolute Gasteiger partial charge is 0.356 e. The van der Waals surface area contributed by atoms with Crippen molar-refractivity contribution >= 4 is 5.97 Å². The fourth-order valence-corrected chi connectivity index (χ4v) is 2.24. The first-order valence-corrected chi connectivity index (χ1v) is 5.95. The van der Waals surface area contributed by atoms with E-state index in [1.54, 1.807) is 0 Å². The molecule has 1 aromatic heterocycles. The van der Waals surface area contributed by atoms with Crippen LogP contribution in [-0.2, 0) is 17.8 Å². The summed E-state index contributed by atoms with van der Waals surface area (Å²) in [5.41, 5.74) is 1.30. The van der Waals surface area contributed by atoms with Gasteiger partial charge in [0.05, 0.1) is 24.6 Å². The molecular weight excluding hydrogens is 270 g/mol. The van der Waals surface area contributed by atoms with E-state index in [1.165, 1.54) is 10.7 Å². The summed E-state index contributed by atoms with van der Waals surface area (Å²) < 4.78 is 32.8. The van der Waals surface area contributed by atoms with Crippen LogP contribution < -0.4 is 0 Å². The molecule has 0 bridgehead atoms. The van der Waals surface area contributed by atoms with Gasteiger partial charge in [-0.15, -0.1) is 0 Å². The SMILES string of the molecule is O=C(O)c1nn(-c2ccc(F)c(F)c2)c2c1COCC2. The number of ether oxygens (including phenoxy) is 1. The molecule has 0 spiro atoms. The van der Waals surface area contributed by atoms with Gasteiger partial charge in [0.1, 0.15) is 0 Å². The Morgan fingerprint density at radius 3 is 2.85 bits per heavy atom. The summed E-state index contributed by atoms with van der Waals surface area (Å²) in [6, 6.07) is 3.33. The molecule has 20 heavy (non-hydrogen) atoms. The second-order valence-electron chi connectivity index (χ2n) is 4.39. The molecule has 1 aromatic carbocycles. The largest absolute Gasteiger partial charge is 0.476 e. The number of carbonyl (C=O) groups is 1. The van der Waals surface area contributed by atoms with Crippen molar-refractivity contribution in [2.45, 2.75) is 13.0 Å². The van der Waals surface area contributed by atoms with Gasteiger partial charge in [0, 0.05) is 18.1 Å². The molecule has 2 heterocycles. The number of fused-ring (bicyclic) bond motifs is 1. The van der Waals surface area contributed by atoms with Crippen LogP contribution >= 0.6 is 0 Å². The van der Waals surface area contributed by atoms with E-state index in [0.29, 0.717) is 24.3 Å². The second-order valence-corrected chi connectivity index (χ2v) is 4.39. The highest BCUT2D eigenvalue weighted by molar-refractivity contribution is 5.87. The van der Waals surface area contributed by atoms with Gasteiger partial charge in [-0.25, -0.2) is 18.3 Å². The van der Waals surface area contributed by atoms with Crippen molar-refractivity contribution < 1.29 is 23.4 Å². The summed E-state index contributed by atoms with van der Waals surface area (Å²) >= 11 is 0. The monoisotopic (exact) mass is 280 g/mol. The number of carboxylic acid groups (broad SMARTS) is 1. The number of rotatable bonds is 2. The van der Waals surface area contributed by atoms with Crippen molar-refractivity contribution in [3.05, 3.63) is 46.8 Å². The van der Waals surface area contributed by atoms with Crippen LogP contribution in [0.2, 0.25) is 0 Å².